The lowest BCUT2D eigenvalue weighted by molar-refractivity contribution is 0.397. The summed E-state index contributed by atoms with van der Waals surface area (Å²) < 4.78 is 10.7. The topological polar surface area (TPSA) is 31.4 Å². The molecule has 0 unspecified atom stereocenters. The molecule has 1 aromatic carbocycles. The van der Waals surface area contributed by atoms with E-state index in [0.717, 1.165) is 22.2 Å². The van der Waals surface area contributed by atoms with Crippen molar-refractivity contribution in [2.75, 3.05) is 14.2 Å². The zero-order chi connectivity index (χ0) is 14.2. The fourth-order valence-electron chi connectivity index (χ4n) is 2.01. The smallest absolute Gasteiger partial charge is 0.133 e. The highest BCUT2D eigenvalue weighted by Crippen LogP contribution is 2.36. The summed E-state index contributed by atoms with van der Waals surface area (Å²) in [6, 6.07) is 5.75. The maximum Gasteiger partial charge on any atom is 0.133 e. The highest BCUT2D eigenvalue weighted by atomic mass is 35.5. The quantitative estimate of drug-likeness (QED) is 0.772. The molecular weight excluding hydrogens is 262 g/mol. The second kappa shape index (κ2) is 4.89. The maximum atomic E-state index is 6.29. The number of methoxy groups -OCH3 is 2. The SMILES string of the molecule is COc1cc(OC)c2cc(C(C)(C)C)c(Cl)nc2c1. The Morgan fingerprint density at radius 1 is 1.05 bits per heavy atom. The molecular formula is C15H18ClNO2. The molecule has 1 heterocycles. The van der Waals surface area contributed by atoms with Crippen molar-refractivity contribution >= 4 is 22.5 Å². The van der Waals surface area contributed by atoms with Gasteiger partial charge in [-0.3, -0.25) is 0 Å². The highest BCUT2D eigenvalue weighted by molar-refractivity contribution is 6.30. The van der Waals surface area contributed by atoms with Gasteiger partial charge < -0.3 is 9.47 Å². The predicted octanol–water partition coefficient (Wildman–Crippen LogP) is 4.20. The number of nitrogens with zero attached hydrogens (tertiary/aromatic N) is 1. The zero-order valence-corrected chi connectivity index (χ0v) is 12.6. The molecule has 0 atom stereocenters. The van der Waals surface area contributed by atoms with E-state index < -0.39 is 0 Å². The van der Waals surface area contributed by atoms with Gasteiger partial charge in [0.2, 0.25) is 0 Å². The summed E-state index contributed by atoms with van der Waals surface area (Å²) in [7, 11) is 3.26. The van der Waals surface area contributed by atoms with Crippen LogP contribution in [0.2, 0.25) is 5.15 Å². The van der Waals surface area contributed by atoms with Crippen LogP contribution >= 0.6 is 11.6 Å². The van der Waals surface area contributed by atoms with E-state index >= 15 is 0 Å². The summed E-state index contributed by atoms with van der Waals surface area (Å²) in [6.45, 7) is 6.33. The number of aromatic nitrogens is 1. The Bertz CT molecular complexity index is 618. The van der Waals surface area contributed by atoms with Crippen molar-refractivity contribution in [3.05, 3.63) is 28.9 Å². The highest BCUT2D eigenvalue weighted by Gasteiger charge is 2.20. The van der Waals surface area contributed by atoms with Crippen molar-refractivity contribution < 1.29 is 9.47 Å². The molecule has 102 valence electrons. The molecule has 0 aliphatic heterocycles. The molecule has 0 saturated carbocycles. The van der Waals surface area contributed by atoms with Gasteiger partial charge in [0, 0.05) is 17.5 Å². The van der Waals surface area contributed by atoms with Crippen LogP contribution in [-0.2, 0) is 5.41 Å². The normalized spacial score (nSPS) is 11.7. The Morgan fingerprint density at radius 3 is 2.26 bits per heavy atom. The minimum Gasteiger partial charge on any atom is -0.497 e. The van der Waals surface area contributed by atoms with E-state index in [1.165, 1.54) is 0 Å². The van der Waals surface area contributed by atoms with Crippen LogP contribution in [0, 0.1) is 0 Å². The molecule has 0 amide bonds. The van der Waals surface area contributed by atoms with Crippen molar-refractivity contribution in [2.24, 2.45) is 0 Å². The third-order valence-electron chi connectivity index (χ3n) is 3.09. The fraction of sp³-hybridized carbons (Fsp3) is 0.400. The van der Waals surface area contributed by atoms with Crippen LogP contribution in [0.3, 0.4) is 0 Å². The molecule has 19 heavy (non-hydrogen) atoms. The lowest BCUT2D eigenvalue weighted by Gasteiger charge is -2.21. The average Bonchev–Trinajstić information content (AvgIpc) is 2.34. The molecule has 0 radical (unpaired) electrons. The minimum absolute atomic E-state index is 0.0663. The first-order valence-electron chi connectivity index (χ1n) is 6.09. The second-order valence-corrected chi connectivity index (χ2v) is 5.83. The summed E-state index contributed by atoms with van der Waals surface area (Å²) in [6.07, 6.45) is 0. The lowest BCUT2D eigenvalue weighted by atomic mass is 9.87. The van der Waals surface area contributed by atoms with Crippen LogP contribution in [0.4, 0.5) is 0 Å². The number of pyridine rings is 1. The number of rotatable bonds is 2. The van der Waals surface area contributed by atoms with Gasteiger partial charge in [0.25, 0.3) is 0 Å². The Hall–Kier alpha value is -1.48. The molecule has 0 aliphatic carbocycles. The summed E-state index contributed by atoms with van der Waals surface area (Å²) >= 11 is 6.29. The van der Waals surface area contributed by atoms with Gasteiger partial charge in [-0.2, -0.15) is 0 Å². The van der Waals surface area contributed by atoms with E-state index in [0.29, 0.717) is 10.9 Å². The number of hydrogen-bond donors (Lipinski definition) is 0. The molecule has 0 bridgehead atoms. The van der Waals surface area contributed by atoms with Crippen LogP contribution in [0.5, 0.6) is 11.5 Å². The Morgan fingerprint density at radius 2 is 1.74 bits per heavy atom. The van der Waals surface area contributed by atoms with Crippen LogP contribution in [0.25, 0.3) is 10.9 Å². The molecule has 2 rings (SSSR count). The number of hydrogen-bond acceptors (Lipinski definition) is 3. The van der Waals surface area contributed by atoms with Crippen molar-refractivity contribution in [2.45, 2.75) is 26.2 Å². The fourth-order valence-corrected chi connectivity index (χ4v) is 2.44. The van der Waals surface area contributed by atoms with Gasteiger partial charge in [-0.15, -0.1) is 0 Å². The first-order valence-corrected chi connectivity index (χ1v) is 6.47. The Balaban J connectivity index is 2.78. The zero-order valence-electron chi connectivity index (χ0n) is 11.9. The van der Waals surface area contributed by atoms with E-state index in [-0.39, 0.29) is 5.41 Å². The van der Waals surface area contributed by atoms with Gasteiger partial charge in [-0.05, 0) is 17.0 Å². The maximum absolute atomic E-state index is 6.29. The second-order valence-electron chi connectivity index (χ2n) is 5.47. The first kappa shape index (κ1) is 13.9. The molecule has 0 spiro atoms. The average molecular weight is 280 g/mol. The summed E-state index contributed by atoms with van der Waals surface area (Å²) in [4.78, 5) is 4.46. The molecule has 3 nitrogen and oxygen atoms in total. The van der Waals surface area contributed by atoms with Gasteiger partial charge in [0.15, 0.2) is 0 Å². The van der Waals surface area contributed by atoms with E-state index in [9.17, 15) is 0 Å². The number of fused-ring (bicyclic) bond motifs is 1. The van der Waals surface area contributed by atoms with Crippen LogP contribution < -0.4 is 9.47 Å². The van der Waals surface area contributed by atoms with E-state index in [1.54, 1.807) is 14.2 Å². The molecule has 0 saturated heterocycles. The largest absolute Gasteiger partial charge is 0.497 e. The van der Waals surface area contributed by atoms with Crippen LogP contribution in [0.1, 0.15) is 26.3 Å². The van der Waals surface area contributed by atoms with Crippen molar-refractivity contribution in [3.63, 3.8) is 0 Å². The van der Waals surface area contributed by atoms with E-state index in [1.807, 2.05) is 18.2 Å². The number of ether oxygens (including phenoxy) is 2. The van der Waals surface area contributed by atoms with Gasteiger partial charge >= 0.3 is 0 Å². The summed E-state index contributed by atoms with van der Waals surface area (Å²) in [5.74, 6) is 1.44. The number of benzene rings is 1. The first-order chi connectivity index (χ1) is 8.86. The van der Waals surface area contributed by atoms with Crippen molar-refractivity contribution in [3.8, 4) is 11.5 Å². The minimum atomic E-state index is -0.0663. The summed E-state index contributed by atoms with van der Waals surface area (Å²) in [5.41, 5.74) is 1.71. The number of halogens is 1. The third kappa shape index (κ3) is 2.61. The molecule has 2 aromatic rings. The summed E-state index contributed by atoms with van der Waals surface area (Å²) in [5, 5.41) is 1.47. The van der Waals surface area contributed by atoms with Gasteiger partial charge in [0.1, 0.15) is 16.7 Å². The third-order valence-corrected chi connectivity index (χ3v) is 3.38. The van der Waals surface area contributed by atoms with E-state index in [4.69, 9.17) is 21.1 Å². The lowest BCUT2D eigenvalue weighted by Crippen LogP contribution is -2.12. The molecule has 0 aliphatic rings. The van der Waals surface area contributed by atoms with Crippen LogP contribution in [-0.4, -0.2) is 19.2 Å². The molecule has 0 fully saturated rings. The monoisotopic (exact) mass is 279 g/mol. The van der Waals surface area contributed by atoms with Gasteiger partial charge in [-0.25, -0.2) is 4.98 Å². The van der Waals surface area contributed by atoms with Crippen molar-refractivity contribution in [1.82, 2.24) is 4.98 Å². The molecule has 1 aromatic heterocycles. The predicted molar refractivity (Wildman–Crippen MR) is 78.6 cm³/mol. The van der Waals surface area contributed by atoms with Gasteiger partial charge in [0.05, 0.1) is 19.7 Å². The van der Waals surface area contributed by atoms with Crippen LogP contribution in [0.15, 0.2) is 18.2 Å². The molecule has 4 heteroatoms. The van der Waals surface area contributed by atoms with Crippen molar-refractivity contribution in [1.29, 1.82) is 0 Å². The molecule has 0 N–H and O–H groups in total. The Labute approximate surface area is 118 Å². The standard InChI is InChI=1S/C15H18ClNO2/c1-15(2,3)11-8-10-12(17-14(11)16)6-9(18-4)7-13(10)19-5/h6-8H,1-5H3. The van der Waals surface area contributed by atoms with E-state index in [2.05, 4.69) is 25.8 Å². The van der Waals surface area contributed by atoms with Gasteiger partial charge in [-0.1, -0.05) is 32.4 Å². The Kier molecular flexibility index (Phi) is 3.59.